The number of carbonyl (C=O) groups is 1. The van der Waals surface area contributed by atoms with Crippen LogP contribution in [0.2, 0.25) is 0 Å². The van der Waals surface area contributed by atoms with Crippen LogP contribution in [0.5, 0.6) is 0 Å². The molecule has 148 valence electrons. The average Bonchev–Trinajstić information content (AvgIpc) is 2.67. The van der Waals surface area contributed by atoms with E-state index in [4.69, 9.17) is 0 Å². The molecule has 0 spiro atoms. The van der Waals surface area contributed by atoms with Gasteiger partial charge in [0.2, 0.25) is 0 Å². The van der Waals surface area contributed by atoms with Gasteiger partial charge in [0.25, 0.3) is 5.69 Å². The summed E-state index contributed by atoms with van der Waals surface area (Å²) in [5.74, 6) is -0.714. The second-order valence-electron chi connectivity index (χ2n) is 6.81. The lowest BCUT2D eigenvalue weighted by Crippen LogP contribution is -2.36. The maximum atomic E-state index is 13.0. The van der Waals surface area contributed by atoms with Gasteiger partial charge in [0, 0.05) is 36.9 Å². The summed E-state index contributed by atoms with van der Waals surface area (Å²) in [5.41, 5.74) is 0.514. The van der Waals surface area contributed by atoms with Crippen molar-refractivity contribution in [1.82, 2.24) is 0 Å². The summed E-state index contributed by atoms with van der Waals surface area (Å²) in [4.78, 5) is 25.1. The fraction of sp³-hybridized carbons (Fsp3) is 0.316. The molecule has 2 aromatic rings. The van der Waals surface area contributed by atoms with Crippen LogP contribution in [-0.2, 0) is 9.84 Å². The molecule has 28 heavy (non-hydrogen) atoms. The monoisotopic (exact) mass is 406 g/mol. The minimum atomic E-state index is -3.55. The number of nitro benzene ring substituents is 1. The number of sulfone groups is 1. The van der Waals surface area contributed by atoms with Crippen molar-refractivity contribution in [3.8, 4) is 0 Å². The first-order valence-electron chi connectivity index (χ1n) is 8.70. The van der Waals surface area contributed by atoms with Crippen molar-refractivity contribution in [2.75, 3.05) is 24.2 Å². The lowest BCUT2D eigenvalue weighted by atomic mass is 9.88. The van der Waals surface area contributed by atoms with Crippen LogP contribution < -0.4 is 4.90 Å². The van der Waals surface area contributed by atoms with Crippen molar-refractivity contribution in [2.24, 2.45) is 5.92 Å². The van der Waals surface area contributed by atoms with Crippen molar-refractivity contribution >= 4 is 27.0 Å². The van der Waals surface area contributed by atoms with Gasteiger partial charge in [0.1, 0.15) is 11.5 Å². The summed E-state index contributed by atoms with van der Waals surface area (Å²) in [7, 11) is -3.55. The number of rotatable bonds is 5. The van der Waals surface area contributed by atoms with Gasteiger partial charge in [0.15, 0.2) is 15.6 Å². The molecule has 0 aromatic heterocycles. The summed E-state index contributed by atoms with van der Waals surface area (Å²) >= 11 is 0. The third-order valence-electron chi connectivity index (χ3n) is 4.91. The number of benzene rings is 2. The van der Waals surface area contributed by atoms with Gasteiger partial charge >= 0.3 is 0 Å². The van der Waals surface area contributed by atoms with Crippen molar-refractivity contribution in [2.45, 2.75) is 17.7 Å². The van der Waals surface area contributed by atoms with Gasteiger partial charge in [-0.3, -0.25) is 14.9 Å². The number of hydrogen-bond acceptors (Lipinski definition) is 6. The molecule has 9 heteroatoms. The van der Waals surface area contributed by atoms with Crippen LogP contribution >= 0.6 is 0 Å². The molecule has 0 N–H and O–H groups in total. The molecular weight excluding hydrogens is 387 g/mol. The van der Waals surface area contributed by atoms with E-state index in [1.807, 2.05) is 0 Å². The molecule has 1 aliphatic heterocycles. The van der Waals surface area contributed by atoms with Crippen LogP contribution in [0.3, 0.4) is 0 Å². The van der Waals surface area contributed by atoms with E-state index in [1.165, 1.54) is 36.4 Å². The lowest BCUT2D eigenvalue weighted by molar-refractivity contribution is -0.384. The molecule has 3 rings (SSSR count). The van der Waals surface area contributed by atoms with Gasteiger partial charge in [-0.05, 0) is 49.2 Å². The Bertz CT molecular complexity index is 1010. The SMILES string of the molecule is CS(=O)(=O)c1ccc(N2CCC(C(=O)c3ccc(F)cc3)CC2)c([N+](=O)[O-])c1. The molecule has 0 amide bonds. The second kappa shape index (κ2) is 7.67. The summed E-state index contributed by atoms with van der Waals surface area (Å²) in [6.45, 7) is 0.854. The molecule has 2 aromatic carbocycles. The Morgan fingerprint density at radius 2 is 1.75 bits per heavy atom. The average molecular weight is 406 g/mol. The minimum Gasteiger partial charge on any atom is -0.366 e. The van der Waals surface area contributed by atoms with Crippen LogP contribution in [0.15, 0.2) is 47.4 Å². The highest BCUT2D eigenvalue weighted by Gasteiger charge is 2.29. The highest BCUT2D eigenvalue weighted by molar-refractivity contribution is 7.90. The number of Topliss-reactive ketones (excluding diaryl/α,β-unsaturated/α-hetero) is 1. The van der Waals surface area contributed by atoms with Gasteiger partial charge in [-0.25, -0.2) is 12.8 Å². The Morgan fingerprint density at radius 3 is 2.29 bits per heavy atom. The highest BCUT2D eigenvalue weighted by Crippen LogP contribution is 2.34. The Morgan fingerprint density at radius 1 is 1.14 bits per heavy atom. The molecule has 1 saturated heterocycles. The molecule has 0 aliphatic carbocycles. The first kappa shape index (κ1) is 19.9. The van der Waals surface area contributed by atoms with Gasteiger partial charge < -0.3 is 4.90 Å². The van der Waals surface area contributed by atoms with Gasteiger partial charge in [-0.15, -0.1) is 0 Å². The fourth-order valence-corrected chi connectivity index (χ4v) is 4.02. The molecule has 7 nitrogen and oxygen atoms in total. The molecule has 1 aliphatic rings. The fourth-order valence-electron chi connectivity index (χ4n) is 3.38. The first-order valence-corrected chi connectivity index (χ1v) is 10.6. The van der Waals surface area contributed by atoms with Crippen molar-refractivity contribution in [1.29, 1.82) is 0 Å². The zero-order valence-corrected chi connectivity index (χ0v) is 16.0. The van der Waals surface area contributed by atoms with Crippen LogP contribution in [0.1, 0.15) is 23.2 Å². The molecule has 0 radical (unpaired) electrons. The summed E-state index contributed by atoms with van der Waals surface area (Å²) in [6, 6.07) is 9.27. The predicted molar refractivity (Wildman–Crippen MR) is 102 cm³/mol. The number of anilines is 1. The van der Waals surface area contributed by atoms with Gasteiger partial charge in [0.05, 0.1) is 9.82 Å². The first-order chi connectivity index (χ1) is 13.2. The number of ketones is 1. The summed E-state index contributed by atoms with van der Waals surface area (Å²) in [6.07, 6.45) is 2.00. The standard InChI is InChI=1S/C19H19FN2O5S/c1-28(26,27)16-6-7-17(18(12-16)22(24)25)21-10-8-14(9-11-21)19(23)13-2-4-15(20)5-3-13/h2-7,12,14H,8-11H2,1H3. The Hall–Kier alpha value is -2.81. The van der Waals surface area contributed by atoms with Gasteiger partial charge in [-0.1, -0.05) is 0 Å². The number of halogens is 1. The third-order valence-corrected chi connectivity index (χ3v) is 6.02. The van der Waals surface area contributed by atoms with Crippen molar-refractivity contribution < 1.29 is 22.5 Å². The molecule has 0 unspecified atom stereocenters. The normalized spacial score (nSPS) is 15.4. The Labute approximate surface area is 161 Å². The number of nitro groups is 1. The summed E-state index contributed by atoms with van der Waals surface area (Å²) in [5, 5.41) is 11.4. The number of piperidine rings is 1. The maximum absolute atomic E-state index is 13.0. The van der Waals surface area contributed by atoms with E-state index in [2.05, 4.69) is 0 Å². The number of hydrogen-bond donors (Lipinski definition) is 0. The summed E-state index contributed by atoms with van der Waals surface area (Å²) < 4.78 is 36.4. The van der Waals surface area contributed by atoms with Crippen molar-refractivity contribution in [3.63, 3.8) is 0 Å². The zero-order valence-electron chi connectivity index (χ0n) is 15.2. The quantitative estimate of drug-likeness (QED) is 0.430. The topological polar surface area (TPSA) is 97.6 Å². The van der Waals surface area contributed by atoms with Gasteiger partial charge in [-0.2, -0.15) is 0 Å². The third kappa shape index (κ3) is 4.19. The van der Waals surface area contributed by atoms with Crippen LogP contribution in [0, 0.1) is 21.8 Å². The van der Waals surface area contributed by atoms with E-state index in [1.54, 1.807) is 4.90 Å². The van der Waals surface area contributed by atoms with E-state index >= 15 is 0 Å². The molecular formula is C19H19FN2O5S. The Kier molecular flexibility index (Phi) is 5.46. The largest absolute Gasteiger partial charge is 0.366 e. The lowest BCUT2D eigenvalue weighted by Gasteiger charge is -2.32. The number of carbonyl (C=O) groups excluding carboxylic acids is 1. The van der Waals surface area contributed by atoms with E-state index in [-0.39, 0.29) is 22.3 Å². The van der Waals surface area contributed by atoms with E-state index < -0.39 is 20.6 Å². The number of nitrogens with zero attached hydrogens (tertiary/aromatic N) is 2. The van der Waals surface area contributed by atoms with Crippen LogP contribution in [0.4, 0.5) is 15.8 Å². The van der Waals surface area contributed by atoms with Crippen LogP contribution in [-0.4, -0.2) is 38.5 Å². The molecule has 0 saturated carbocycles. The maximum Gasteiger partial charge on any atom is 0.293 e. The van der Waals surface area contributed by atoms with Crippen molar-refractivity contribution in [3.05, 3.63) is 64.0 Å². The highest BCUT2D eigenvalue weighted by atomic mass is 32.2. The Balaban J connectivity index is 1.77. The van der Waals surface area contributed by atoms with E-state index in [0.29, 0.717) is 37.2 Å². The molecule has 1 fully saturated rings. The molecule has 1 heterocycles. The predicted octanol–water partition coefficient (Wildman–Crippen LogP) is 3.24. The molecule has 0 bridgehead atoms. The molecule has 0 atom stereocenters. The minimum absolute atomic E-state index is 0.0680. The zero-order chi connectivity index (χ0) is 20.5. The van der Waals surface area contributed by atoms with E-state index in [9.17, 15) is 27.7 Å². The second-order valence-corrected chi connectivity index (χ2v) is 8.83. The van der Waals surface area contributed by atoms with E-state index in [0.717, 1.165) is 12.3 Å². The smallest absolute Gasteiger partial charge is 0.293 e. The van der Waals surface area contributed by atoms with Crippen LogP contribution in [0.25, 0.3) is 0 Å².